The molecule has 11 heteroatoms. The summed E-state index contributed by atoms with van der Waals surface area (Å²) in [5.74, 6) is 1.97. The van der Waals surface area contributed by atoms with Gasteiger partial charge in [-0.05, 0) is 50.2 Å². The van der Waals surface area contributed by atoms with Crippen LogP contribution < -0.4 is 9.46 Å². The number of aryl methyl sites for hydroxylation is 3. The van der Waals surface area contributed by atoms with Gasteiger partial charge in [-0.2, -0.15) is 13.5 Å². The molecule has 0 unspecified atom stereocenters. The zero-order valence-corrected chi connectivity index (χ0v) is 17.3. The van der Waals surface area contributed by atoms with Crippen LogP contribution in [0.15, 0.2) is 59.9 Å². The van der Waals surface area contributed by atoms with E-state index < -0.39 is 10.0 Å². The molecular formula is C19H19N7O3S. The van der Waals surface area contributed by atoms with Gasteiger partial charge in [0.05, 0.1) is 5.69 Å². The minimum Gasteiger partial charge on any atom is -0.438 e. The van der Waals surface area contributed by atoms with Gasteiger partial charge < -0.3 is 9.30 Å². The van der Waals surface area contributed by atoms with Crippen molar-refractivity contribution in [1.29, 1.82) is 0 Å². The van der Waals surface area contributed by atoms with Crippen LogP contribution in [0.5, 0.6) is 11.6 Å². The lowest BCUT2D eigenvalue weighted by molar-refractivity contribution is 0.454. The molecule has 0 radical (unpaired) electrons. The first-order chi connectivity index (χ1) is 14.3. The summed E-state index contributed by atoms with van der Waals surface area (Å²) in [6.07, 6.45) is 3.26. The molecule has 3 heterocycles. The fourth-order valence-electron chi connectivity index (χ4n) is 2.61. The van der Waals surface area contributed by atoms with Gasteiger partial charge in [0.15, 0.2) is 10.8 Å². The summed E-state index contributed by atoms with van der Waals surface area (Å²) in [6.45, 7) is 3.62. The van der Waals surface area contributed by atoms with Gasteiger partial charge in [0.25, 0.3) is 10.0 Å². The van der Waals surface area contributed by atoms with Gasteiger partial charge in [-0.1, -0.05) is 0 Å². The van der Waals surface area contributed by atoms with Crippen LogP contribution in [0.1, 0.15) is 11.5 Å². The van der Waals surface area contributed by atoms with Crippen molar-refractivity contribution in [1.82, 2.24) is 29.5 Å². The lowest BCUT2D eigenvalue weighted by Crippen LogP contribution is -2.13. The molecule has 0 aliphatic heterocycles. The van der Waals surface area contributed by atoms with Crippen molar-refractivity contribution in [2.75, 3.05) is 4.72 Å². The van der Waals surface area contributed by atoms with Gasteiger partial charge in [0.1, 0.15) is 11.6 Å². The van der Waals surface area contributed by atoms with Crippen molar-refractivity contribution in [3.05, 3.63) is 66.4 Å². The first-order valence-corrected chi connectivity index (χ1v) is 10.5. The Labute approximate surface area is 173 Å². The lowest BCUT2D eigenvalue weighted by Gasteiger charge is -2.08. The predicted molar refractivity (Wildman–Crippen MR) is 109 cm³/mol. The molecule has 0 bridgehead atoms. The van der Waals surface area contributed by atoms with E-state index in [4.69, 9.17) is 4.74 Å². The number of ether oxygens (including phenoxy) is 1. The molecular weight excluding hydrogens is 406 g/mol. The number of hydrogen-bond acceptors (Lipinski definition) is 7. The Morgan fingerprint density at radius 3 is 2.33 bits per heavy atom. The van der Waals surface area contributed by atoms with Gasteiger partial charge in [-0.25, -0.2) is 9.67 Å². The summed E-state index contributed by atoms with van der Waals surface area (Å²) in [6, 6.07) is 11.7. The van der Waals surface area contributed by atoms with Crippen LogP contribution in [-0.2, 0) is 17.1 Å². The Morgan fingerprint density at radius 1 is 1.00 bits per heavy atom. The first kappa shape index (κ1) is 19.6. The number of nitrogens with zero attached hydrogens (tertiary/aromatic N) is 6. The van der Waals surface area contributed by atoms with Gasteiger partial charge in [0.2, 0.25) is 5.88 Å². The van der Waals surface area contributed by atoms with Crippen molar-refractivity contribution in [2.24, 2.45) is 7.05 Å². The monoisotopic (exact) mass is 425 g/mol. The molecule has 1 aromatic carbocycles. The molecule has 3 aromatic heterocycles. The molecule has 0 saturated heterocycles. The van der Waals surface area contributed by atoms with Crippen LogP contribution in [0.25, 0.3) is 5.82 Å². The third-order valence-corrected chi connectivity index (χ3v) is 5.53. The zero-order valence-electron chi connectivity index (χ0n) is 16.5. The van der Waals surface area contributed by atoms with Crippen molar-refractivity contribution in [3.63, 3.8) is 0 Å². The molecule has 4 rings (SSSR count). The van der Waals surface area contributed by atoms with Crippen molar-refractivity contribution in [2.45, 2.75) is 18.9 Å². The standard InChI is InChI=1S/C19H19N7O3S/c1-13-10-11-26(23-13)17-8-9-18(22-21-17)29-16-6-4-15(5-7-16)24-30(27,28)19-12-25(3)14(2)20-19/h4-12,24H,1-3H3. The normalized spacial score (nSPS) is 11.4. The lowest BCUT2D eigenvalue weighted by atomic mass is 10.3. The van der Waals surface area contributed by atoms with E-state index in [0.717, 1.165) is 5.69 Å². The van der Waals surface area contributed by atoms with E-state index in [-0.39, 0.29) is 5.03 Å². The molecule has 0 atom stereocenters. The molecule has 0 saturated carbocycles. The largest absolute Gasteiger partial charge is 0.438 e. The highest BCUT2D eigenvalue weighted by Crippen LogP contribution is 2.23. The molecule has 154 valence electrons. The van der Waals surface area contributed by atoms with E-state index in [1.165, 1.54) is 6.20 Å². The van der Waals surface area contributed by atoms with Gasteiger partial charge in [-0.3, -0.25) is 4.72 Å². The fourth-order valence-corrected chi connectivity index (χ4v) is 3.71. The number of rotatable bonds is 6. The van der Waals surface area contributed by atoms with Crippen LogP contribution in [0.3, 0.4) is 0 Å². The molecule has 0 spiro atoms. The van der Waals surface area contributed by atoms with Gasteiger partial charge in [-0.15, -0.1) is 10.2 Å². The predicted octanol–water partition coefficient (Wildman–Crippen LogP) is 2.61. The minimum absolute atomic E-state index is 0.0365. The number of hydrogen-bond donors (Lipinski definition) is 1. The van der Waals surface area contributed by atoms with E-state index in [1.807, 2.05) is 13.0 Å². The third-order valence-electron chi connectivity index (χ3n) is 4.27. The van der Waals surface area contributed by atoms with E-state index in [0.29, 0.717) is 29.0 Å². The maximum atomic E-state index is 12.4. The molecule has 1 N–H and O–H groups in total. The number of sulfonamides is 1. The van der Waals surface area contributed by atoms with Gasteiger partial charge in [0, 0.05) is 31.2 Å². The van der Waals surface area contributed by atoms with E-state index in [2.05, 4.69) is 25.0 Å². The highest BCUT2D eigenvalue weighted by Gasteiger charge is 2.18. The number of aromatic nitrogens is 6. The Morgan fingerprint density at radius 2 is 1.77 bits per heavy atom. The Hall–Kier alpha value is -3.73. The zero-order chi connectivity index (χ0) is 21.3. The third kappa shape index (κ3) is 4.15. The number of imidazole rings is 1. The molecule has 4 aromatic rings. The Kier molecular flexibility index (Phi) is 4.96. The number of nitrogens with one attached hydrogen (secondary N) is 1. The number of anilines is 1. The maximum Gasteiger partial charge on any atom is 0.280 e. The maximum absolute atomic E-state index is 12.4. The van der Waals surface area contributed by atoms with E-state index in [9.17, 15) is 8.42 Å². The van der Waals surface area contributed by atoms with Crippen LogP contribution in [-0.4, -0.2) is 37.9 Å². The SMILES string of the molecule is Cc1ccn(-c2ccc(Oc3ccc(NS(=O)(=O)c4cn(C)c(C)n4)cc3)nn2)n1. The molecule has 0 amide bonds. The summed E-state index contributed by atoms with van der Waals surface area (Å²) < 4.78 is 36.3. The van der Waals surface area contributed by atoms with E-state index in [1.54, 1.807) is 65.8 Å². The summed E-state index contributed by atoms with van der Waals surface area (Å²) >= 11 is 0. The summed E-state index contributed by atoms with van der Waals surface area (Å²) in [5, 5.41) is 12.4. The smallest absolute Gasteiger partial charge is 0.280 e. The molecule has 30 heavy (non-hydrogen) atoms. The average molecular weight is 425 g/mol. The van der Waals surface area contributed by atoms with Crippen LogP contribution >= 0.6 is 0 Å². The van der Waals surface area contributed by atoms with Gasteiger partial charge >= 0.3 is 0 Å². The van der Waals surface area contributed by atoms with Crippen molar-refractivity contribution in [3.8, 4) is 17.4 Å². The first-order valence-electron chi connectivity index (χ1n) is 8.97. The Balaban J connectivity index is 1.43. The summed E-state index contributed by atoms with van der Waals surface area (Å²) in [5.41, 5.74) is 1.27. The van der Waals surface area contributed by atoms with Crippen LogP contribution in [0.2, 0.25) is 0 Å². The van der Waals surface area contributed by atoms with Crippen molar-refractivity contribution < 1.29 is 13.2 Å². The molecule has 0 aliphatic carbocycles. The minimum atomic E-state index is -3.77. The Bertz CT molecular complexity index is 1260. The quantitative estimate of drug-likeness (QED) is 0.505. The molecule has 0 fully saturated rings. The second-order valence-corrected chi connectivity index (χ2v) is 8.23. The van der Waals surface area contributed by atoms with Crippen LogP contribution in [0.4, 0.5) is 5.69 Å². The second kappa shape index (κ2) is 7.59. The molecule has 10 nitrogen and oxygen atoms in total. The van der Waals surface area contributed by atoms with E-state index >= 15 is 0 Å². The summed E-state index contributed by atoms with van der Waals surface area (Å²) in [7, 11) is -2.03. The highest BCUT2D eigenvalue weighted by atomic mass is 32.2. The summed E-state index contributed by atoms with van der Waals surface area (Å²) in [4.78, 5) is 4.05. The average Bonchev–Trinajstić information content (AvgIpc) is 3.30. The highest BCUT2D eigenvalue weighted by molar-refractivity contribution is 7.92. The second-order valence-electron chi connectivity index (χ2n) is 6.60. The van der Waals surface area contributed by atoms with Crippen molar-refractivity contribution >= 4 is 15.7 Å². The number of benzene rings is 1. The van der Waals surface area contributed by atoms with Crippen LogP contribution in [0, 0.1) is 13.8 Å². The topological polar surface area (TPSA) is 117 Å². The fraction of sp³-hybridized carbons (Fsp3) is 0.158. The molecule has 0 aliphatic rings.